The number of fused-ring (bicyclic) bond motifs is 1. The van der Waals surface area contributed by atoms with Crippen LogP contribution >= 0.6 is 11.3 Å². The maximum absolute atomic E-state index is 5.60. The number of hydrogen-bond donors (Lipinski definition) is 0. The summed E-state index contributed by atoms with van der Waals surface area (Å²) in [6, 6.07) is 12.4. The summed E-state index contributed by atoms with van der Waals surface area (Å²) >= 11 is 1.67. The quantitative estimate of drug-likeness (QED) is 0.482. The molecule has 4 aromatic rings. The van der Waals surface area contributed by atoms with Crippen LogP contribution < -0.4 is 0 Å². The molecule has 3 heterocycles. The van der Waals surface area contributed by atoms with E-state index < -0.39 is 0 Å². The highest BCUT2D eigenvalue weighted by Gasteiger charge is 2.23. The average Bonchev–Trinajstić information content (AvgIpc) is 3.39. The first-order chi connectivity index (χ1) is 12.8. The molecule has 0 radical (unpaired) electrons. The SMILES string of the molecule is Cc1nn(-c2ccccc2)c2sc(-c3noc(C4CCCCC4)n3)cc12. The van der Waals surface area contributed by atoms with Gasteiger partial charge in [-0.05, 0) is 38.0 Å². The van der Waals surface area contributed by atoms with Gasteiger partial charge in [0.2, 0.25) is 11.7 Å². The fourth-order valence-electron chi connectivity index (χ4n) is 3.75. The van der Waals surface area contributed by atoms with E-state index in [-0.39, 0.29) is 0 Å². The minimum absolute atomic E-state index is 0.431. The first-order valence-corrected chi connectivity index (χ1v) is 10.00. The Morgan fingerprint density at radius 3 is 2.73 bits per heavy atom. The number of nitrogens with zero attached hydrogens (tertiary/aromatic N) is 4. The molecule has 132 valence electrons. The van der Waals surface area contributed by atoms with Crippen molar-refractivity contribution in [1.29, 1.82) is 0 Å². The van der Waals surface area contributed by atoms with Crippen molar-refractivity contribution in [3.63, 3.8) is 0 Å². The zero-order chi connectivity index (χ0) is 17.5. The topological polar surface area (TPSA) is 56.7 Å². The van der Waals surface area contributed by atoms with Gasteiger partial charge in [-0.25, -0.2) is 4.68 Å². The van der Waals surface area contributed by atoms with Gasteiger partial charge in [0.1, 0.15) is 4.83 Å². The number of benzene rings is 1. The zero-order valence-corrected chi connectivity index (χ0v) is 15.5. The van der Waals surface area contributed by atoms with Gasteiger partial charge in [-0.1, -0.05) is 42.6 Å². The van der Waals surface area contributed by atoms with E-state index in [0.717, 1.165) is 45.2 Å². The molecule has 1 fully saturated rings. The van der Waals surface area contributed by atoms with E-state index in [9.17, 15) is 0 Å². The van der Waals surface area contributed by atoms with Gasteiger partial charge in [0, 0.05) is 11.3 Å². The molecule has 0 aliphatic heterocycles. The Labute approximate surface area is 155 Å². The first kappa shape index (κ1) is 15.8. The zero-order valence-electron chi connectivity index (χ0n) is 14.7. The summed E-state index contributed by atoms with van der Waals surface area (Å²) < 4.78 is 7.60. The van der Waals surface area contributed by atoms with Crippen LogP contribution in [0.2, 0.25) is 0 Å². The Morgan fingerprint density at radius 1 is 1.12 bits per heavy atom. The molecular weight excluding hydrogens is 344 g/mol. The number of hydrogen-bond acceptors (Lipinski definition) is 5. The van der Waals surface area contributed by atoms with Crippen LogP contribution in [0.3, 0.4) is 0 Å². The van der Waals surface area contributed by atoms with Crippen LogP contribution in [0.4, 0.5) is 0 Å². The maximum atomic E-state index is 5.60. The minimum atomic E-state index is 0.431. The van der Waals surface area contributed by atoms with Crippen LogP contribution in [0.15, 0.2) is 40.9 Å². The van der Waals surface area contributed by atoms with E-state index in [0.29, 0.717) is 11.7 Å². The van der Waals surface area contributed by atoms with Crippen molar-refractivity contribution in [3.05, 3.63) is 48.0 Å². The van der Waals surface area contributed by atoms with E-state index in [1.807, 2.05) is 29.8 Å². The smallest absolute Gasteiger partial charge is 0.230 e. The Bertz CT molecular complexity index is 1040. The number of para-hydroxylation sites is 1. The lowest BCUT2D eigenvalue weighted by Gasteiger charge is -2.17. The van der Waals surface area contributed by atoms with E-state index in [1.54, 1.807) is 11.3 Å². The average molecular weight is 364 g/mol. The fourth-order valence-corrected chi connectivity index (χ4v) is 4.86. The van der Waals surface area contributed by atoms with Crippen LogP contribution in [0.25, 0.3) is 26.6 Å². The lowest BCUT2D eigenvalue weighted by Crippen LogP contribution is -2.04. The summed E-state index contributed by atoms with van der Waals surface area (Å²) in [4.78, 5) is 6.87. The molecule has 1 saturated carbocycles. The largest absolute Gasteiger partial charge is 0.339 e. The highest BCUT2D eigenvalue weighted by Crippen LogP contribution is 2.37. The molecule has 0 unspecified atom stereocenters. The second-order valence-corrected chi connectivity index (χ2v) is 7.98. The van der Waals surface area contributed by atoms with Crippen molar-refractivity contribution < 1.29 is 4.52 Å². The predicted molar refractivity (Wildman–Crippen MR) is 103 cm³/mol. The van der Waals surface area contributed by atoms with Crippen molar-refractivity contribution >= 4 is 21.6 Å². The van der Waals surface area contributed by atoms with Gasteiger partial charge in [-0.15, -0.1) is 11.3 Å². The summed E-state index contributed by atoms with van der Waals surface area (Å²) in [7, 11) is 0. The minimum Gasteiger partial charge on any atom is -0.339 e. The van der Waals surface area contributed by atoms with E-state index in [4.69, 9.17) is 14.6 Å². The Hall–Kier alpha value is -2.47. The molecule has 3 aromatic heterocycles. The van der Waals surface area contributed by atoms with Crippen molar-refractivity contribution in [2.75, 3.05) is 0 Å². The molecule has 1 aliphatic rings. The van der Waals surface area contributed by atoms with Gasteiger partial charge in [0.15, 0.2) is 0 Å². The van der Waals surface area contributed by atoms with Gasteiger partial charge in [0.05, 0.1) is 16.3 Å². The van der Waals surface area contributed by atoms with E-state index >= 15 is 0 Å². The molecule has 5 rings (SSSR count). The molecule has 6 heteroatoms. The monoisotopic (exact) mass is 364 g/mol. The van der Waals surface area contributed by atoms with Crippen molar-refractivity contribution in [2.45, 2.75) is 44.9 Å². The highest BCUT2D eigenvalue weighted by atomic mass is 32.1. The lowest BCUT2D eigenvalue weighted by molar-refractivity contribution is 0.314. The molecular formula is C20H20N4OS. The molecule has 1 aliphatic carbocycles. The number of aryl methyl sites for hydroxylation is 1. The molecule has 0 bridgehead atoms. The predicted octanol–water partition coefficient (Wildman–Crippen LogP) is 5.49. The second kappa shape index (κ2) is 6.36. The standard InChI is InChI=1S/C20H20N4OS/c1-13-16-12-17(18-21-19(25-23-18)14-8-4-2-5-9-14)26-20(16)24(22-13)15-10-6-3-7-11-15/h3,6-7,10-12,14H,2,4-5,8-9H2,1H3. The molecule has 5 nitrogen and oxygen atoms in total. The third-order valence-corrected chi connectivity index (χ3v) is 6.27. The van der Waals surface area contributed by atoms with Gasteiger partial charge in [0.25, 0.3) is 0 Å². The van der Waals surface area contributed by atoms with Crippen LogP contribution in [0, 0.1) is 6.92 Å². The molecule has 0 atom stereocenters. The fraction of sp³-hybridized carbons (Fsp3) is 0.350. The van der Waals surface area contributed by atoms with Crippen LogP contribution in [0.1, 0.15) is 49.6 Å². The normalized spacial score (nSPS) is 15.7. The van der Waals surface area contributed by atoms with Crippen molar-refractivity contribution in [2.24, 2.45) is 0 Å². The molecule has 1 aromatic carbocycles. The Morgan fingerprint density at radius 2 is 1.92 bits per heavy atom. The molecule has 0 saturated heterocycles. The number of aromatic nitrogens is 4. The lowest BCUT2D eigenvalue weighted by atomic mass is 9.89. The second-order valence-electron chi connectivity index (χ2n) is 6.95. The summed E-state index contributed by atoms with van der Waals surface area (Å²) in [6.07, 6.45) is 6.17. The number of rotatable bonds is 3. The van der Waals surface area contributed by atoms with E-state index in [1.165, 1.54) is 19.3 Å². The first-order valence-electron chi connectivity index (χ1n) is 9.18. The molecule has 0 spiro atoms. The van der Waals surface area contributed by atoms with Gasteiger partial charge < -0.3 is 4.52 Å². The Kier molecular flexibility index (Phi) is 3.85. The molecule has 26 heavy (non-hydrogen) atoms. The maximum Gasteiger partial charge on any atom is 0.230 e. The Balaban J connectivity index is 1.53. The summed E-state index contributed by atoms with van der Waals surface area (Å²) in [6.45, 7) is 2.04. The van der Waals surface area contributed by atoms with Crippen LogP contribution in [-0.4, -0.2) is 19.9 Å². The van der Waals surface area contributed by atoms with Crippen LogP contribution in [-0.2, 0) is 0 Å². The molecule has 0 amide bonds. The van der Waals surface area contributed by atoms with Gasteiger partial charge in [-0.2, -0.15) is 10.1 Å². The summed E-state index contributed by atoms with van der Waals surface area (Å²) in [5, 5.41) is 10.1. The molecule has 0 N–H and O–H groups in total. The third-order valence-electron chi connectivity index (χ3n) is 5.16. The van der Waals surface area contributed by atoms with Crippen LogP contribution in [0.5, 0.6) is 0 Å². The van der Waals surface area contributed by atoms with Crippen molar-refractivity contribution in [1.82, 2.24) is 19.9 Å². The van der Waals surface area contributed by atoms with E-state index in [2.05, 4.69) is 23.4 Å². The highest BCUT2D eigenvalue weighted by molar-refractivity contribution is 7.21. The van der Waals surface area contributed by atoms with Gasteiger partial charge in [-0.3, -0.25) is 0 Å². The summed E-state index contributed by atoms with van der Waals surface area (Å²) in [5.41, 5.74) is 2.08. The van der Waals surface area contributed by atoms with Crippen molar-refractivity contribution in [3.8, 4) is 16.4 Å². The summed E-state index contributed by atoms with van der Waals surface area (Å²) in [5.74, 6) is 1.94. The number of thiophene rings is 1. The van der Waals surface area contributed by atoms with Gasteiger partial charge >= 0.3 is 0 Å². The third kappa shape index (κ3) is 2.65.